The summed E-state index contributed by atoms with van der Waals surface area (Å²) >= 11 is 0. The van der Waals surface area contributed by atoms with Crippen LogP contribution in [0.4, 0.5) is 4.79 Å². The number of hydrogen-bond acceptors (Lipinski definition) is 11. The van der Waals surface area contributed by atoms with Gasteiger partial charge in [0.15, 0.2) is 24.6 Å². The topological polar surface area (TPSA) is 145 Å². The molecular formula is C24H33NO11. The summed E-state index contributed by atoms with van der Waals surface area (Å²) in [6.45, 7) is 5.94. The van der Waals surface area contributed by atoms with Gasteiger partial charge in [-0.1, -0.05) is 30.3 Å². The molecule has 0 radical (unpaired) electrons. The van der Waals surface area contributed by atoms with Crippen molar-refractivity contribution in [3.05, 3.63) is 35.9 Å². The summed E-state index contributed by atoms with van der Waals surface area (Å²) in [7, 11) is 0. The smallest absolute Gasteiger partial charge is 0.407 e. The molecule has 0 bridgehead atoms. The lowest BCUT2D eigenvalue weighted by atomic mass is 9.99. The Kier molecular flexibility index (Phi) is 12.1. The zero-order chi connectivity index (χ0) is 26.5. The van der Waals surface area contributed by atoms with E-state index in [-0.39, 0.29) is 33.0 Å². The number of carbonyl (C=O) groups is 4. The van der Waals surface area contributed by atoms with Crippen LogP contribution in [0.2, 0.25) is 0 Å². The molecule has 2 rings (SSSR count). The molecule has 1 saturated heterocycles. The van der Waals surface area contributed by atoms with E-state index >= 15 is 0 Å². The molecule has 0 unspecified atom stereocenters. The fourth-order valence-corrected chi connectivity index (χ4v) is 3.43. The van der Waals surface area contributed by atoms with Gasteiger partial charge in [-0.2, -0.15) is 0 Å². The molecule has 36 heavy (non-hydrogen) atoms. The zero-order valence-corrected chi connectivity index (χ0v) is 20.8. The largest absolute Gasteiger partial charge is 0.456 e. The number of benzene rings is 1. The highest BCUT2D eigenvalue weighted by atomic mass is 16.7. The van der Waals surface area contributed by atoms with Gasteiger partial charge in [-0.25, -0.2) is 4.79 Å². The molecule has 1 fully saturated rings. The van der Waals surface area contributed by atoms with Gasteiger partial charge in [0.2, 0.25) is 0 Å². The molecule has 0 spiro atoms. The molecule has 0 aliphatic carbocycles. The number of amides is 1. The first-order valence-electron chi connectivity index (χ1n) is 11.5. The summed E-state index contributed by atoms with van der Waals surface area (Å²) in [4.78, 5) is 46.6. The second kappa shape index (κ2) is 15.0. The zero-order valence-electron chi connectivity index (χ0n) is 20.8. The average molecular weight is 512 g/mol. The molecule has 1 aliphatic heterocycles. The molecule has 1 heterocycles. The van der Waals surface area contributed by atoms with Crippen molar-refractivity contribution in [1.82, 2.24) is 5.32 Å². The third-order valence-electron chi connectivity index (χ3n) is 4.87. The first kappa shape index (κ1) is 29.0. The quantitative estimate of drug-likeness (QED) is 0.247. The summed E-state index contributed by atoms with van der Waals surface area (Å²) < 4.78 is 37.8. The Hall–Kier alpha value is -3.22. The van der Waals surface area contributed by atoms with Gasteiger partial charge in [-0.05, 0) is 12.5 Å². The maximum Gasteiger partial charge on any atom is 0.407 e. The number of hydrogen-bond donors (Lipinski definition) is 1. The van der Waals surface area contributed by atoms with Crippen LogP contribution in [0.5, 0.6) is 0 Å². The summed E-state index contributed by atoms with van der Waals surface area (Å²) in [5.41, 5.74) is 0.877. The Balaban J connectivity index is 1.77. The van der Waals surface area contributed by atoms with Crippen molar-refractivity contribution in [2.45, 2.75) is 65.0 Å². The molecular weight excluding hydrogens is 478 g/mol. The Morgan fingerprint density at radius 1 is 0.833 bits per heavy atom. The Morgan fingerprint density at radius 3 is 2.08 bits per heavy atom. The SMILES string of the molecule is CC(=O)O[C@@H]1[C@@H](OC(C)=O)[C@H](C)O[C@@H](OCCOCCNC(=O)OCc2ccccc2)[C@@H]1OC(C)=O. The fourth-order valence-electron chi connectivity index (χ4n) is 3.43. The van der Waals surface area contributed by atoms with E-state index in [0.29, 0.717) is 0 Å². The molecule has 0 aromatic heterocycles. The third-order valence-corrected chi connectivity index (χ3v) is 4.87. The highest BCUT2D eigenvalue weighted by Crippen LogP contribution is 2.29. The van der Waals surface area contributed by atoms with Crippen LogP contribution in [0.25, 0.3) is 0 Å². The molecule has 1 aromatic rings. The highest BCUT2D eigenvalue weighted by Gasteiger charge is 2.50. The normalized spacial score (nSPS) is 23.3. The van der Waals surface area contributed by atoms with Crippen molar-refractivity contribution >= 4 is 24.0 Å². The monoisotopic (exact) mass is 511 g/mol. The van der Waals surface area contributed by atoms with E-state index in [1.807, 2.05) is 30.3 Å². The molecule has 5 atom stereocenters. The van der Waals surface area contributed by atoms with Crippen LogP contribution in [0.1, 0.15) is 33.3 Å². The lowest BCUT2D eigenvalue weighted by Crippen LogP contribution is -2.61. The maximum atomic E-state index is 11.7. The van der Waals surface area contributed by atoms with Crippen LogP contribution in [0.3, 0.4) is 0 Å². The predicted molar refractivity (Wildman–Crippen MR) is 122 cm³/mol. The van der Waals surface area contributed by atoms with Gasteiger partial charge in [0, 0.05) is 27.3 Å². The van der Waals surface area contributed by atoms with Crippen LogP contribution in [-0.2, 0) is 54.1 Å². The number of alkyl carbamates (subject to hydrolysis) is 1. The maximum absolute atomic E-state index is 11.7. The number of rotatable bonds is 12. The number of carbonyl (C=O) groups excluding carboxylic acids is 4. The van der Waals surface area contributed by atoms with Crippen LogP contribution in [-0.4, -0.2) is 81.1 Å². The van der Waals surface area contributed by atoms with Crippen molar-refractivity contribution in [3.63, 3.8) is 0 Å². The van der Waals surface area contributed by atoms with Gasteiger partial charge in [0.05, 0.1) is 25.9 Å². The van der Waals surface area contributed by atoms with Gasteiger partial charge in [-0.3, -0.25) is 14.4 Å². The van der Waals surface area contributed by atoms with E-state index in [1.165, 1.54) is 20.8 Å². The minimum atomic E-state index is -1.17. The molecule has 12 nitrogen and oxygen atoms in total. The van der Waals surface area contributed by atoms with Crippen molar-refractivity contribution < 1.29 is 52.3 Å². The molecule has 1 amide bonds. The lowest BCUT2D eigenvalue weighted by Gasteiger charge is -2.43. The molecule has 1 aliphatic rings. The number of ether oxygens (including phenoxy) is 7. The van der Waals surface area contributed by atoms with Crippen molar-refractivity contribution in [2.75, 3.05) is 26.4 Å². The van der Waals surface area contributed by atoms with Crippen LogP contribution in [0.15, 0.2) is 30.3 Å². The lowest BCUT2D eigenvalue weighted by molar-refractivity contribution is -0.302. The summed E-state index contributed by atoms with van der Waals surface area (Å²) in [5, 5.41) is 2.57. The van der Waals surface area contributed by atoms with Crippen LogP contribution in [0, 0.1) is 0 Å². The molecule has 12 heteroatoms. The highest BCUT2D eigenvalue weighted by molar-refractivity contribution is 5.68. The second-order valence-electron chi connectivity index (χ2n) is 7.90. The summed E-state index contributed by atoms with van der Waals surface area (Å²) in [5.74, 6) is -1.92. The molecule has 0 saturated carbocycles. The average Bonchev–Trinajstić information content (AvgIpc) is 2.81. The van der Waals surface area contributed by atoms with Gasteiger partial charge in [0.1, 0.15) is 6.61 Å². The molecule has 1 N–H and O–H groups in total. The first-order chi connectivity index (χ1) is 17.2. The standard InChI is InChI=1S/C24H33NO11/c1-15-20(34-16(2)26)21(35-17(3)27)22(36-18(4)28)23(33-15)31-13-12-30-11-10-25-24(29)32-14-19-8-6-5-7-9-19/h5-9,15,20-23H,10-14H2,1-4H3,(H,25,29)/t15-,20-,21+,22+,23+/m0/s1. The minimum absolute atomic E-state index is 0.0403. The minimum Gasteiger partial charge on any atom is -0.456 e. The summed E-state index contributed by atoms with van der Waals surface area (Å²) in [6.07, 6.45) is -5.69. The van der Waals surface area contributed by atoms with Gasteiger partial charge in [-0.15, -0.1) is 0 Å². The van der Waals surface area contributed by atoms with E-state index in [0.717, 1.165) is 5.56 Å². The second-order valence-corrected chi connectivity index (χ2v) is 7.90. The van der Waals surface area contributed by atoms with E-state index in [1.54, 1.807) is 6.92 Å². The van der Waals surface area contributed by atoms with E-state index in [4.69, 9.17) is 33.2 Å². The van der Waals surface area contributed by atoms with E-state index < -0.39 is 54.7 Å². The van der Waals surface area contributed by atoms with E-state index in [9.17, 15) is 19.2 Å². The fraction of sp³-hybridized carbons (Fsp3) is 0.583. The molecule has 200 valence electrons. The van der Waals surface area contributed by atoms with Gasteiger partial charge < -0.3 is 38.5 Å². The van der Waals surface area contributed by atoms with Crippen LogP contribution < -0.4 is 5.32 Å². The summed E-state index contributed by atoms with van der Waals surface area (Å²) in [6, 6.07) is 9.29. The Bertz CT molecular complexity index is 863. The Labute approximate surface area is 209 Å². The van der Waals surface area contributed by atoms with Crippen LogP contribution >= 0.6 is 0 Å². The number of nitrogens with one attached hydrogen (secondary N) is 1. The van der Waals surface area contributed by atoms with Crippen molar-refractivity contribution in [2.24, 2.45) is 0 Å². The first-order valence-corrected chi connectivity index (χ1v) is 11.5. The van der Waals surface area contributed by atoms with Gasteiger partial charge >= 0.3 is 24.0 Å². The van der Waals surface area contributed by atoms with E-state index in [2.05, 4.69) is 5.32 Å². The Morgan fingerprint density at radius 2 is 1.44 bits per heavy atom. The third kappa shape index (κ3) is 10.2. The predicted octanol–water partition coefficient (Wildman–Crippen LogP) is 1.49. The van der Waals surface area contributed by atoms with Crippen molar-refractivity contribution in [3.8, 4) is 0 Å². The van der Waals surface area contributed by atoms with Gasteiger partial charge in [0.25, 0.3) is 0 Å². The number of esters is 3. The molecule has 1 aromatic carbocycles. The van der Waals surface area contributed by atoms with Crippen molar-refractivity contribution in [1.29, 1.82) is 0 Å².